The molecular weight excluding hydrogens is 427 g/mol. The van der Waals surface area contributed by atoms with E-state index in [0.29, 0.717) is 6.54 Å². The van der Waals surface area contributed by atoms with Gasteiger partial charge in [0.1, 0.15) is 0 Å². The van der Waals surface area contributed by atoms with Gasteiger partial charge in [0, 0.05) is 29.7 Å². The molecule has 0 amide bonds. The second kappa shape index (κ2) is 11.4. The van der Waals surface area contributed by atoms with E-state index >= 15 is 0 Å². The number of halogens is 4. The minimum absolute atomic E-state index is 0.676. The maximum atomic E-state index is 9.75. The molecule has 0 unspecified atom stereocenters. The van der Waals surface area contributed by atoms with Gasteiger partial charge in [0.15, 0.2) is 6.54 Å². The highest BCUT2D eigenvalue weighted by atomic mass is 19.5. The molecule has 0 fully saturated rings. The lowest BCUT2D eigenvalue weighted by Crippen LogP contribution is -2.40. The van der Waals surface area contributed by atoms with Gasteiger partial charge in [-0.1, -0.05) is 66.7 Å². The fourth-order valence-corrected chi connectivity index (χ4v) is 3.61. The molecule has 4 aromatic rings. The topological polar surface area (TPSA) is 29.9 Å². The predicted octanol–water partition coefficient (Wildman–Crippen LogP) is 6.62. The molecule has 2 nitrogen and oxygen atoms in total. The third-order valence-corrected chi connectivity index (χ3v) is 5.00. The molecule has 7 heteroatoms. The zero-order valence-electron chi connectivity index (χ0n) is 18.1. The second-order valence-electron chi connectivity index (χ2n) is 7.40. The first kappa shape index (κ1) is 24.2. The zero-order valence-corrected chi connectivity index (χ0v) is 18.1. The van der Waals surface area contributed by atoms with E-state index in [1.807, 2.05) is 0 Å². The number of pyridine rings is 1. The molecule has 0 atom stereocenters. The lowest BCUT2D eigenvalue weighted by atomic mass is 9.99. The standard InChI is InChI=1S/C26H25N2.BF4/c27-17-10-18-28-25(22-13-6-2-7-14-22)19-24(21-11-4-1-5-12-21)20-26(28)23-15-8-3-9-16-23;2-1(3,4)5/h1-9,11-16,19-20H,10,17-18,27H2;/q+1;-1. The Kier molecular flexibility index (Phi) is 8.38. The summed E-state index contributed by atoms with van der Waals surface area (Å²) in [5.74, 6) is 0. The molecule has 3 aromatic carbocycles. The largest absolute Gasteiger partial charge is 0.673 e. The van der Waals surface area contributed by atoms with E-state index in [9.17, 15) is 17.3 Å². The smallest absolute Gasteiger partial charge is 0.418 e. The van der Waals surface area contributed by atoms with Gasteiger partial charge in [0.05, 0.1) is 0 Å². The van der Waals surface area contributed by atoms with Crippen LogP contribution in [-0.2, 0) is 6.54 Å². The van der Waals surface area contributed by atoms with Crippen LogP contribution in [0.25, 0.3) is 33.6 Å². The van der Waals surface area contributed by atoms with Gasteiger partial charge >= 0.3 is 7.25 Å². The number of hydrogen-bond donors (Lipinski definition) is 1. The molecule has 0 aliphatic rings. The van der Waals surface area contributed by atoms with Crippen LogP contribution in [0.1, 0.15) is 6.42 Å². The Balaban J connectivity index is 0.000000555. The molecule has 0 radical (unpaired) electrons. The fraction of sp³-hybridized carbons (Fsp3) is 0.115. The highest BCUT2D eigenvalue weighted by Crippen LogP contribution is 2.29. The maximum absolute atomic E-state index is 9.75. The van der Waals surface area contributed by atoms with Gasteiger partial charge in [-0.25, -0.2) is 0 Å². The van der Waals surface area contributed by atoms with Crippen LogP contribution in [0.4, 0.5) is 17.3 Å². The fourth-order valence-electron chi connectivity index (χ4n) is 3.61. The molecule has 170 valence electrons. The Hall–Kier alpha value is -3.45. The molecule has 2 N–H and O–H groups in total. The quantitative estimate of drug-likeness (QED) is 0.199. The van der Waals surface area contributed by atoms with Gasteiger partial charge in [-0.3, -0.25) is 0 Å². The van der Waals surface area contributed by atoms with Gasteiger partial charge in [-0.05, 0) is 41.9 Å². The minimum Gasteiger partial charge on any atom is -0.418 e. The molecule has 0 saturated carbocycles. The molecular formula is C26H25BF4N2. The van der Waals surface area contributed by atoms with E-state index < -0.39 is 7.25 Å². The van der Waals surface area contributed by atoms with E-state index in [4.69, 9.17) is 5.73 Å². The van der Waals surface area contributed by atoms with Crippen molar-refractivity contribution < 1.29 is 21.8 Å². The van der Waals surface area contributed by atoms with Gasteiger partial charge < -0.3 is 23.0 Å². The summed E-state index contributed by atoms with van der Waals surface area (Å²) in [6.07, 6.45) is 0.940. The third-order valence-electron chi connectivity index (χ3n) is 5.00. The lowest BCUT2D eigenvalue weighted by molar-refractivity contribution is -0.675. The van der Waals surface area contributed by atoms with Crippen LogP contribution in [0.15, 0.2) is 103 Å². The first-order chi connectivity index (χ1) is 15.9. The molecule has 1 heterocycles. The van der Waals surface area contributed by atoms with Gasteiger partial charge in [0.2, 0.25) is 11.4 Å². The summed E-state index contributed by atoms with van der Waals surface area (Å²) in [7, 11) is -6.00. The van der Waals surface area contributed by atoms with Crippen LogP contribution < -0.4 is 10.3 Å². The van der Waals surface area contributed by atoms with Crippen molar-refractivity contribution in [2.24, 2.45) is 5.73 Å². The zero-order chi connectivity index (χ0) is 23.7. The third kappa shape index (κ3) is 7.29. The number of nitrogens with two attached hydrogens (primary N) is 1. The lowest BCUT2D eigenvalue weighted by Gasteiger charge is -2.12. The summed E-state index contributed by atoms with van der Waals surface area (Å²) in [4.78, 5) is 0. The van der Waals surface area contributed by atoms with E-state index in [-0.39, 0.29) is 0 Å². The summed E-state index contributed by atoms with van der Waals surface area (Å²) in [6, 6.07) is 36.4. The minimum atomic E-state index is -6.00. The first-order valence-electron chi connectivity index (χ1n) is 10.7. The predicted molar refractivity (Wildman–Crippen MR) is 127 cm³/mol. The Bertz CT molecular complexity index is 1070. The Morgan fingerprint density at radius 2 is 0.939 bits per heavy atom. The normalized spacial score (nSPS) is 10.9. The van der Waals surface area contributed by atoms with Crippen LogP contribution >= 0.6 is 0 Å². The molecule has 0 saturated heterocycles. The van der Waals surface area contributed by atoms with Crippen molar-refractivity contribution in [1.29, 1.82) is 0 Å². The van der Waals surface area contributed by atoms with E-state index in [0.717, 1.165) is 13.0 Å². The van der Waals surface area contributed by atoms with Crippen LogP contribution in [0.5, 0.6) is 0 Å². The van der Waals surface area contributed by atoms with E-state index in [1.165, 1.54) is 33.6 Å². The molecule has 0 bridgehead atoms. The average Bonchev–Trinajstić information content (AvgIpc) is 2.83. The van der Waals surface area contributed by atoms with Crippen molar-refractivity contribution in [2.45, 2.75) is 13.0 Å². The summed E-state index contributed by atoms with van der Waals surface area (Å²) in [5, 5.41) is 0. The van der Waals surface area contributed by atoms with Crippen LogP contribution in [0.2, 0.25) is 0 Å². The number of nitrogens with zero attached hydrogens (tertiary/aromatic N) is 1. The SMILES string of the molecule is F[B-](F)(F)F.NCCC[n+]1c(-c2ccccc2)cc(-c2ccccc2)cc1-c1ccccc1. The van der Waals surface area contributed by atoms with Crippen molar-refractivity contribution >= 4 is 7.25 Å². The van der Waals surface area contributed by atoms with Crippen LogP contribution in [-0.4, -0.2) is 13.8 Å². The first-order valence-corrected chi connectivity index (χ1v) is 10.7. The Morgan fingerprint density at radius 1 is 0.576 bits per heavy atom. The molecule has 33 heavy (non-hydrogen) atoms. The van der Waals surface area contributed by atoms with Crippen molar-refractivity contribution in [2.75, 3.05) is 6.54 Å². The summed E-state index contributed by atoms with van der Waals surface area (Å²) in [5.41, 5.74) is 13.2. The molecule has 1 aromatic heterocycles. The number of aromatic nitrogens is 1. The molecule has 4 rings (SSSR count). The molecule has 0 spiro atoms. The number of hydrogen-bond acceptors (Lipinski definition) is 1. The van der Waals surface area contributed by atoms with Gasteiger partial charge in [0.25, 0.3) is 0 Å². The van der Waals surface area contributed by atoms with Gasteiger partial charge in [-0.2, -0.15) is 4.57 Å². The van der Waals surface area contributed by atoms with E-state index in [2.05, 4.69) is 108 Å². The monoisotopic (exact) mass is 452 g/mol. The summed E-state index contributed by atoms with van der Waals surface area (Å²) in [6.45, 7) is 1.57. The van der Waals surface area contributed by atoms with Crippen molar-refractivity contribution in [1.82, 2.24) is 0 Å². The van der Waals surface area contributed by atoms with Crippen LogP contribution in [0, 0.1) is 0 Å². The Morgan fingerprint density at radius 3 is 1.30 bits per heavy atom. The molecule has 0 aliphatic carbocycles. The Labute approximate surface area is 191 Å². The van der Waals surface area contributed by atoms with Gasteiger partial charge in [-0.15, -0.1) is 0 Å². The highest BCUT2D eigenvalue weighted by molar-refractivity contribution is 6.50. The average molecular weight is 452 g/mol. The maximum Gasteiger partial charge on any atom is 0.673 e. The highest BCUT2D eigenvalue weighted by Gasteiger charge is 2.22. The summed E-state index contributed by atoms with van der Waals surface area (Å²) < 4.78 is 41.4. The molecule has 0 aliphatic heterocycles. The van der Waals surface area contributed by atoms with E-state index in [1.54, 1.807) is 0 Å². The van der Waals surface area contributed by atoms with Crippen molar-refractivity contribution in [3.63, 3.8) is 0 Å². The van der Waals surface area contributed by atoms with Crippen LogP contribution in [0.3, 0.4) is 0 Å². The van der Waals surface area contributed by atoms with Crippen molar-refractivity contribution in [3.8, 4) is 33.6 Å². The van der Waals surface area contributed by atoms with Crippen molar-refractivity contribution in [3.05, 3.63) is 103 Å². The number of rotatable bonds is 6. The summed E-state index contributed by atoms with van der Waals surface area (Å²) >= 11 is 0. The number of benzene rings is 3. The second-order valence-corrected chi connectivity index (χ2v) is 7.40.